The molecule has 0 spiro atoms. The molecule has 0 aliphatic carbocycles. The molecule has 0 bridgehead atoms. The maximum atomic E-state index is 12.7. The fourth-order valence-corrected chi connectivity index (χ4v) is 2.64. The van der Waals surface area contributed by atoms with Crippen LogP contribution in [-0.2, 0) is 9.53 Å². The Labute approximate surface area is 151 Å². The van der Waals surface area contributed by atoms with E-state index in [0.717, 1.165) is 11.3 Å². The van der Waals surface area contributed by atoms with Crippen molar-refractivity contribution >= 4 is 17.8 Å². The van der Waals surface area contributed by atoms with Crippen molar-refractivity contribution in [1.82, 2.24) is 0 Å². The average Bonchev–Trinajstić information content (AvgIpc) is 2.95. The summed E-state index contributed by atoms with van der Waals surface area (Å²) in [5, 5.41) is 0. The summed E-state index contributed by atoms with van der Waals surface area (Å²) in [6.45, 7) is 1.71. The Morgan fingerprint density at radius 1 is 0.923 bits per heavy atom. The van der Waals surface area contributed by atoms with Crippen molar-refractivity contribution in [1.29, 1.82) is 0 Å². The number of ketones is 1. The smallest absolute Gasteiger partial charge is 0.347 e. The van der Waals surface area contributed by atoms with Crippen LogP contribution >= 0.6 is 0 Å². The molecule has 2 aromatic carbocycles. The fourth-order valence-electron chi connectivity index (χ4n) is 2.64. The van der Waals surface area contributed by atoms with Gasteiger partial charge in [0.2, 0.25) is 5.78 Å². The minimum absolute atomic E-state index is 0.0509. The van der Waals surface area contributed by atoms with Crippen molar-refractivity contribution in [2.75, 3.05) is 14.2 Å². The van der Waals surface area contributed by atoms with Crippen LogP contribution in [0.5, 0.6) is 11.5 Å². The molecule has 1 aliphatic heterocycles. The molecule has 0 N–H and O–H groups in total. The van der Waals surface area contributed by atoms with Crippen molar-refractivity contribution in [3.8, 4) is 11.5 Å². The monoisotopic (exact) mass is 350 g/mol. The van der Waals surface area contributed by atoms with Crippen molar-refractivity contribution in [3.05, 3.63) is 76.6 Å². The van der Waals surface area contributed by atoms with Gasteiger partial charge in [0.1, 0.15) is 22.8 Å². The van der Waals surface area contributed by atoms with Gasteiger partial charge in [0.25, 0.3) is 0 Å². The van der Waals surface area contributed by atoms with E-state index in [1.807, 2.05) is 24.3 Å². The predicted octanol–water partition coefficient (Wildman–Crippen LogP) is 3.80. The molecule has 26 heavy (non-hydrogen) atoms. The van der Waals surface area contributed by atoms with E-state index in [4.69, 9.17) is 14.2 Å². The number of hydrogen-bond acceptors (Lipinski definition) is 5. The van der Waals surface area contributed by atoms with E-state index < -0.39 is 5.97 Å². The average molecular weight is 350 g/mol. The Bertz CT molecular complexity index is 902. The highest BCUT2D eigenvalue weighted by molar-refractivity contribution is 6.26. The minimum Gasteiger partial charge on any atom is -0.497 e. The van der Waals surface area contributed by atoms with Gasteiger partial charge >= 0.3 is 5.97 Å². The number of carbonyl (C=O) groups is 2. The molecular weight excluding hydrogens is 332 g/mol. The summed E-state index contributed by atoms with van der Waals surface area (Å²) in [6, 6.07) is 13.9. The third kappa shape index (κ3) is 3.37. The van der Waals surface area contributed by atoms with Crippen LogP contribution in [0.3, 0.4) is 0 Å². The topological polar surface area (TPSA) is 61.8 Å². The van der Waals surface area contributed by atoms with Gasteiger partial charge in [-0.3, -0.25) is 4.79 Å². The lowest BCUT2D eigenvalue weighted by Gasteiger charge is -2.02. The number of cyclic esters (lactones) is 1. The molecule has 0 aromatic heterocycles. The van der Waals surface area contributed by atoms with E-state index in [0.29, 0.717) is 22.6 Å². The van der Waals surface area contributed by atoms with Gasteiger partial charge in [0.05, 0.1) is 14.2 Å². The minimum atomic E-state index is -0.636. The van der Waals surface area contributed by atoms with Gasteiger partial charge in [-0.25, -0.2) is 4.79 Å². The Hall–Kier alpha value is -3.34. The lowest BCUT2D eigenvalue weighted by Crippen LogP contribution is -2.11. The molecule has 132 valence electrons. The Morgan fingerprint density at radius 3 is 2.00 bits per heavy atom. The molecule has 0 fully saturated rings. The van der Waals surface area contributed by atoms with Crippen LogP contribution in [0.4, 0.5) is 0 Å². The number of hydrogen-bond donors (Lipinski definition) is 0. The molecule has 0 saturated heterocycles. The summed E-state index contributed by atoms with van der Waals surface area (Å²) >= 11 is 0. The van der Waals surface area contributed by atoms with E-state index in [1.165, 1.54) is 0 Å². The number of carbonyl (C=O) groups excluding carboxylic acids is 2. The lowest BCUT2D eigenvalue weighted by atomic mass is 9.99. The molecule has 0 saturated carbocycles. The normalized spacial score (nSPS) is 15.2. The first-order valence-corrected chi connectivity index (χ1v) is 8.01. The van der Waals surface area contributed by atoms with Crippen LogP contribution in [0, 0.1) is 0 Å². The zero-order valence-electron chi connectivity index (χ0n) is 14.7. The molecule has 2 aromatic rings. The molecule has 0 unspecified atom stereocenters. The highest BCUT2D eigenvalue weighted by Crippen LogP contribution is 2.30. The van der Waals surface area contributed by atoms with Gasteiger partial charge in [-0.05, 0) is 55.0 Å². The van der Waals surface area contributed by atoms with Crippen molar-refractivity contribution in [2.45, 2.75) is 6.92 Å². The van der Waals surface area contributed by atoms with Crippen LogP contribution in [0.15, 0.2) is 65.4 Å². The van der Waals surface area contributed by atoms with Gasteiger partial charge < -0.3 is 14.2 Å². The third-order valence-electron chi connectivity index (χ3n) is 4.14. The molecule has 1 heterocycles. The number of allylic oxidation sites excluding steroid dienone is 1. The first kappa shape index (κ1) is 17.5. The summed E-state index contributed by atoms with van der Waals surface area (Å²) in [5.74, 6) is 0.743. The van der Waals surface area contributed by atoms with Gasteiger partial charge in [0, 0.05) is 11.1 Å². The number of benzene rings is 2. The molecular formula is C21H18O5. The van der Waals surface area contributed by atoms with Crippen molar-refractivity contribution in [2.24, 2.45) is 0 Å². The number of Topliss-reactive ketones (excluding diaryl/α,β-unsaturated/α-hetero) is 1. The Kier molecular flexibility index (Phi) is 4.89. The molecule has 5 heteroatoms. The Morgan fingerprint density at radius 2 is 1.46 bits per heavy atom. The molecule has 1 aliphatic rings. The van der Waals surface area contributed by atoms with Crippen molar-refractivity contribution in [3.63, 3.8) is 0 Å². The maximum absolute atomic E-state index is 12.7. The van der Waals surface area contributed by atoms with E-state index >= 15 is 0 Å². The molecule has 3 rings (SSSR count). The van der Waals surface area contributed by atoms with Crippen LogP contribution < -0.4 is 9.47 Å². The van der Waals surface area contributed by atoms with Crippen molar-refractivity contribution < 1.29 is 23.8 Å². The van der Waals surface area contributed by atoms with Crippen LogP contribution in [0.2, 0.25) is 0 Å². The summed E-state index contributed by atoms with van der Waals surface area (Å²) < 4.78 is 15.5. The zero-order valence-corrected chi connectivity index (χ0v) is 14.7. The first-order valence-electron chi connectivity index (χ1n) is 8.01. The number of rotatable bonds is 5. The highest BCUT2D eigenvalue weighted by Gasteiger charge is 2.32. The SMILES string of the molecule is COc1ccc(/C=C2\OC(=O)C(C(=O)c3ccc(OC)cc3)=C2C)cc1. The fraction of sp³-hybridized carbons (Fsp3) is 0.143. The number of methoxy groups -OCH3 is 2. The summed E-state index contributed by atoms with van der Waals surface area (Å²) in [7, 11) is 3.14. The largest absolute Gasteiger partial charge is 0.497 e. The number of esters is 1. The highest BCUT2D eigenvalue weighted by atomic mass is 16.5. The quantitative estimate of drug-likeness (QED) is 0.466. The number of ether oxygens (including phenoxy) is 3. The lowest BCUT2D eigenvalue weighted by molar-refractivity contribution is -0.132. The third-order valence-corrected chi connectivity index (χ3v) is 4.14. The molecule has 0 atom stereocenters. The van der Waals surface area contributed by atoms with Gasteiger partial charge in [0.15, 0.2) is 0 Å². The Balaban J connectivity index is 1.91. The molecule has 5 nitrogen and oxygen atoms in total. The molecule has 0 amide bonds. The van der Waals surface area contributed by atoms with Gasteiger partial charge in [-0.2, -0.15) is 0 Å². The van der Waals surface area contributed by atoms with E-state index in [9.17, 15) is 9.59 Å². The van der Waals surface area contributed by atoms with Gasteiger partial charge in [-0.1, -0.05) is 12.1 Å². The summed E-state index contributed by atoms with van der Waals surface area (Å²) in [6.07, 6.45) is 1.72. The van der Waals surface area contributed by atoms with Crippen LogP contribution in [0.25, 0.3) is 6.08 Å². The van der Waals surface area contributed by atoms with Crippen LogP contribution in [0.1, 0.15) is 22.8 Å². The standard InChI is InChI=1S/C21H18O5/c1-13-18(12-14-4-8-16(24-2)9-5-14)26-21(23)19(13)20(22)15-6-10-17(25-3)11-7-15/h4-12H,1-3H3/b18-12-. The van der Waals surface area contributed by atoms with Gasteiger partial charge in [-0.15, -0.1) is 0 Å². The first-order chi connectivity index (χ1) is 12.5. The summed E-state index contributed by atoms with van der Waals surface area (Å²) in [4.78, 5) is 24.9. The van der Waals surface area contributed by atoms with E-state index in [1.54, 1.807) is 51.5 Å². The second-order valence-corrected chi connectivity index (χ2v) is 5.73. The second kappa shape index (κ2) is 7.27. The van der Waals surface area contributed by atoms with E-state index in [2.05, 4.69) is 0 Å². The zero-order chi connectivity index (χ0) is 18.7. The second-order valence-electron chi connectivity index (χ2n) is 5.73. The molecule has 0 radical (unpaired) electrons. The van der Waals surface area contributed by atoms with Crippen LogP contribution in [-0.4, -0.2) is 26.0 Å². The predicted molar refractivity (Wildman–Crippen MR) is 97.1 cm³/mol. The summed E-state index contributed by atoms with van der Waals surface area (Å²) in [5.41, 5.74) is 1.82. The maximum Gasteiger partial charge on any atom is 0.347 e. The van der Waals surface area contributed by atoms with E-state index in [-0.39, 0.29) is 11.4 Å².